The van der Waals surface area contributed by atoms with Crippen LogP contribution in [-0.4, -0.2) is 10.5 Å². The van der Waals surface area contributed by atoms with E-state index in [0.717, 1.165) is 22.9 Å². The minimum Gasteiger partial charge on any atom is -0.339 e. The molecule has 0 radical (unpaired) electrons. The van der Waals surface area contributed by atoms with Crippen molar-refractivity contribution < 1.29 is 4.79 Å². The second-order valence-electron chi connectivity index (χ2n) is 5.12. The van der Waals surface area contributed by atoms with Gasteiger partial charge in [0.05, 0.1) is 10.7 Å². The lowest BCUT2D eigenvalue weighted by molar-refractivity contribution is 0.101. The van der Waals surface area contributed by atoms with Gasteiger partial charge in [-0.1, -0.05) is 17.7 Å². The number of nitrogens with one attached hydrogen (secondary N) is 1. The summed E-state index contributed by atoms with van der Waals surface area (Å²) >= 11 is 9.55. The molecule has 0 saturated heterocycles. The normalized spacial score (nSPS) is 14.3. The molecule has 0 spiro atoms. The number of hydrogen-bond donors (Lipinski definition) is 1. The van der Waals surface area contributed by atoms with Crippen LogP contribution in [0.25, 0.3) is 0 Å². The number of aromatic nitrogens is 1. The van der Waals surface area contributed by atoms with Gasteiger partial charge in [0.1, 0.15) is 5.69 Å². The molecule has 1 N–H and O–H groups in total. The molecule has 1 heterocycles. The standard InChI is InChI=1S/C15H14BrClN2O/c1-9-2-5-12(17)13(6-9)18-15(20)14-7-10(16)8-19(14)11-3-4-11/h2,5-8,11H,3-4H2,1H3,(H,18,20). The van der Waals surface area contributed by atoms with Crippen LogP contribution in [0.15, 0.2) is 34.9 Å². The number of benzene rings is 1. The Kier molecular flexibility index (Phi) is 3.61. The van der Waals surface area contributed by atoms with Crippen LogP contribution < -0.4 is 5.32 Å². The van der Waals surface area contributed by atoms with E-state index in [-0.39, 0.29) is 5.91 Å². The Morgan fingerprint density at radius 1 is 1.40 bits per heavy atom. The first-order valence-electron chi connectivity index (χ1n) is 6.49. The van der Waals surface area contributed by atoms with Gasteiger partial charge >= 0.3 is 0 Å². The highest BCUT2D eigenvalue weighted by molar-refractivity contribution is 9.10. The summed E-state index contributed by atoms with van der Waals surface area (Å²) in [5, 5.41) is 3.44. The molecule has 104 valence electrons. The van der Waals surface area contributed by atoms with E-state index in [1.54, 1.807) is 6.07 Å². The first-order valence-corrected chi connectivity index (χ1v) is 7.66. The molecule has 1 fully saturated rings. The van der Waals surface area contributed by atoms with E-state index in [0.29, 0.717) is 22.4 Å². The van der Waals surface area contributed by atoms with Crippen LogP contribution in [0.4, 0.5) is 5.69 Å². The van der Waals surface area contributed by atoms with Crippen molar-refractivity contribution in [1.82, 2.24) is 4.57 Å². The molecule has 3 rings (SSSR count). The Labute approximate surface area is 131 Å². The second kappa shape index (κ2) is 5.26. The van der Waals surface area contributed by atoms with Crippen molar-refractivity contribution in [3.8, 4) is 0 Å². The number of halogens is 2. The number of rotatable bonds is 3. The minimum absolute atomic E-state index is 0.130. The Balaban J connectivity index is 1.87. The number of aryl methyl sites for hydroxylation is 1. The summed E-state index contributed by atoms with van der Waals surface area (Å²) in [6.45, 7) is 1.97. The number of hydrogen-bond acceptors (Lipinski definition) is 1. The molecule has 3 nitrogen and oxygen atoms in total. The van der Waals surface area contributed by atoms with E-state index in [1.165, 1.54) is 0 Å². The summed E-state index contributed by atoms with van der Waals surface area (Å²) in [5.74, 6) is -0.130. The predicted octanol–water partition coefficient (Wildman–Crippen LogP) is 4.80. The summed E-state index contributed by atoms with van der Waals surface area (Å²) in [4.78, 5) is 12.4. The molecule has 1 aromatic carbocycles. The van der Waals surface area contributed by atoms with E-state index in [1.807, 2.05) is 35.9 Å². The molecule has 1 aliphatic rings. The predicted molar refractivity (Wildman–Crippen MR) is 84.5 cm³/mol. The third-order valence-corrected chi connectivity index (χ3v) is 4.12. The maximum absolute atomic E-state index is 12.4. The van der Waals surface area contributed by atoms with Gasteiger partial charge in [0, 0.05) is 16.7 Å². The summed E-state index contributed by atoms with van der Waals surface area (Å²) in [5.41, 5.74) is 2.37. The van der Waals surface area contributed by atoms with Gasteiger partial charge in [0.15, 0.2) is 0 Å². The van der Waals surface area contributed by atoms with Crippen molar-refractivity contribution >= 4 is 39.1 Å². The van der Waals surface area contributed by atoms with Crippen LogP contribution >= 0.6 is 27.5 Å². The smallest absolute Gasteiger partial charge is 0.272 e. The number of anilines is 1. The molecule has 0 atom stereocenters. The summed E-state index contributed by atoms with van der Waals surface area (Å²) in [6, 6.07) is 7.89. The minimum atomic E-state index is -0.130. The summed E-state index contributed by atoms with van der Waals surface area (Å²) < 4.78 is 2.95. The monoisotopic (exact) mass is 352 g/mol. The maximum atomic E-state index is 12.4. The average Bonchev–Trinajstić information content (AvgIpc) is 3.17. The number of carbonyl (C=O) groups excluding carboxylic acids is 1. The van der Waals surface area contributed by atoms with Crippen molar-refractivity contribution in [3.63, 3.8) is 0 Å². The lowest BCUT2D eigenvalue weighted by Crippen LogP contribution is -2.16. The number of carbonyl (C=O) groups is 1. The molecule has 0 unspecified atom stereocenters. The highest BCUT2D eigenvalue weighted by Crippen LogP contribution is 2.37. The molecule has 1 aliphatic carbocycles. The van der Waals surface area contributed by atoms with Crippen LogP contribution in [0.3, 0.4) is 0 Å². The highest BCUT2D eigenvalue weighted by Gasteiger charge is 2.27. The van der Waals surface area contributed by atoms with Gasteiger partial charge in [-0.15, -0.1) is 0 Å². The van der Waals surface area contributed by atoms with Gasteiger partial charge in [-0.25, -0.2) is 0 Å². The second-order valence-corrected chi connectivity index (χ2v) is 6.44. The van der Waals surface area contributed by atoms with Crippen molar-refractivity contribution in [3.05, 3.63) is 51.2 Å². The van der Waals surface area contributed by atoms with E-state index in [4.69, 9.17) is 11.6 Å². The molecule has 0 bridgehead atoms. The van der Waals surface area contributed by atoms with Gasteiger partial charge in [-0.05, 0) is 59.5 Å². The van der Waals surface area contributed by atoms with Crippen molar-refractivity contribution in [2.24, 2.45) is 0 Å². The van der Waals surface area contributed by atoms with Gasteiger partial charge in [-0.3, -0.25) is 4.79 Å². The Bertz CT molecular complexity index is 677. The molecule has 0 aliphatic heterocycles. The maximum Gasteiger partial charge on any atom is 0.272 e. The molecule has 1 saturated carbocycles. The van der Waals surface area contributed by atoms with E-state index < -0.39 is 0 Å². The van der Waals surface area contributed by atoms with E-state index in [9.17, 15) is 4.79 Å². The largest absolute Gasteiger partial charge is 0.339 e. The Morgan fingerprint density at radius 3 is 2.85 bits per heavy atom. The zero-order valence-corrected chi connectivity index (χ0v) is 13.3. The number of nitrogens with zero attached hydrogens (tertiary/aromatic N) is 1. The Hall–Kier alpha value is -1.26. The lowest BCUT2D eigenvalue weighted by atomic mass is 10.2. The van der Waals surface area contributed by atoms with Crippen LogP contribution in [0, 0.1) is 6.92 Å². The molecule has 1 amide bonds. The van der Waals surface area contributed by atoms with Crippen LogP contribution in [0.1, 0.15) is 34.9 Å². The molecular formula is C15H14BrClN2O. The van der Waals surface area contributed by atoms with Gasteiger partial charge in [0.2, 0.25) is 0 Å². The van der Waals surface area contributed by atoms with Crippen molar-refractivity contribution in [2.45, 2.75) is 25.8 Å². The Morgan fingerprint density at radius 2 is 2.15 bits per heavy atom. The molecule has 5 heteroatoms. The molecule has 2 aromatic rings. The first kappa shape index (κ1) is 13.7. The fourth-order valence-corrected chi connectivity index (χ4v) is 2.81. The molecular weight excluding hydrogens is 340 g/mol. The van der Waals surface area contributed by atoms with E-state index in [2.05, 4.69) is 21.2 Å². The molecule has 1 aromatic heterocycles. The van der Waals surface area contributed by atoms with Gasteiger partial charge in [0.25, 0.3) is 5.91 Å². The topological polar surface area (TPSA) is 34.0 Å². The average molecular weight is 354 g/mol. The van der Waals surface area contributed by atoms with E-state index >= 15 is 0 Å². The van der Waals surface area contributed by atoms with Crippen LogP contribution in [0.2, 0.25) is 5.02 Å². The van der Waals surface area contributed by atoms with Gasteiger partial charge < -0.3 is 9.88 Å². The third-order valence-electron chi connectivity index (χ3n) is 3.36. The molecule has 20 heavy (non-hydrogen) atoms. The quantitative estimate of drug-likeness (QED) is 0.845. The van der Waals surface area contributed by atoms with Crippen molar-refractivity contribution in [1.29, 1.82) is 0 Å². The fraction of sp³-hybridized carbons (Fsp3) is 0.267. The zero-order chi connectivity index (χ0) is 14.3. The van der Waals surface area contributed by atoms with Gasteiger partial charge in [-0.2, -0.15) is 0 Å². The highest BCUT2D eigenvalue weighted by atomic mass is 79.9. The van der Waals surface area contributed by atoms with Crippen molar-refractivity contribution in [2.75, 3.05) is 5.32 Å². The fourth-order valence-electron chi connectivity index (χ4n) is 2.20. The zero-order valence-electron chi connectivity index (χ0n) is 11.0. The summed E-state index contributed by atoms with van der Waals surface area (Å²) in [7, 11) is 0. The third kappa shape index (κ3) is 2.76. The van der Waals surface area contributed by atoms with Crippen LogP contribution in [0.5, 0.6) is 0 Å². The van der Waals surface area contributed by atoms with Crippen LogP contribution in [-0.2, 0) is 0 Å². The lowest BCUT2D eigenvalue weighted by Gasteiger charge is -2.10. The SMILES string of the molecule is Cc1ccc(Cl)c(NC(=O)c2cc(Br)cn2C2CC2)c1. The summed E-state index contributed by atoms with van der Waals surface area (Å²) in [6.07, 6.45) is 4.23. The number of amides is 1. The first-order chi connectivity index (χ1) is 9.54.